The number of carbonyl (C=O) groups excluding carboxylic acids is 1. The zero-order chi connectivity index (χ0) is 17.1. The van der Waals surface area contributed by atoms with Gasteiger partial charge in [-0.1, -0.05) is 19.9 Å². The third kappa shape index (κ3) is 4.57. The van der Waals surface area contributed by atoms with Gasteiger partial charge in [0.25, 0.3) is 0 Å². The summed E-state index contributed by atoms with van der Waals surface area (Å²) in [5.74, 6) is -0.0880. The second kappa shape index (κ2) is 7.15. The maximum absolute atomic E-state index is 12.3. The molecule has 3 N–H and O–H groups in total. The molecule has 1 unspecified atom stereocenters. The third-order valence-electron chi connectivity index (χ3n) is 4.41. The van der Waals surface area contributed by atoms with Crippen molar-refractivity contribution in [2.24, 2.45) is 11.7 Å². The minimum absolute atomic E-state index is 0.171. The lowest BCUT2D eigenvalue weighted by molar-refractivity contribution is -0.123. The van der Waals surface area contributed by atoms with Crippen LogP contribution < -0.4 is 11.1 Å². The highest BCUT2D eigenvalue weighted by Gasteiger charge is 2.53. The molecule has 0 aromatic rings. The summed E-state index contributed by atoms with van der Waals surface area (Å²) in [5, 5.41) is 2.96. The van der Waals surface area contributed by atoms with Crippen molar-refractivity contribution in [2.75, 3.05) is 0 Å². The van der Waals surface area contributed by atoms with Crippen LogP contribution in [0.3, 0.4) is 0 Å². The highest BCUT2D eigenvalue weighted by atomic mass is 16.7. The molecule has 0 spiro atoms. The van der Waals surface area contributed by atoms with Crippen molar-refractivity contribution < 1.29 is 14.1 Å². The number of hydrogen-bond donors (Lipinski definition) is 2. The molecular formula is C16H31BN2O3. The molecule has 6 heteroatoms. The van der Waals surface area contributed by atoms with Gasteiger partial charge in [0, 0.05) is 0 Å². The van der Waals surface area contributed by atoms with E-state index in [-0.39, 0.29) is 11.8 Å². The molecule has 2 atom stereocenters. The summed E-state index contributed by atoms with van der Waals surface area (Å²) in [7, 11) is -0.502. The summed E-state index contributed by atoms with van der Waals surface area (Å²) in [4.78, 5) is 12.3. The predicted octanol–water partition coefficient (Wildman–Crippen LogP) is 2.05. The number of amides is 1. The van der Waals surface area contributed by atoms with Crippen LogP contribution in [0.25, 0.3) is 0 Å². The van der Waals surface area contributed by atoms with E-state index < -0.39 is 24.4 Å². The van der Waals surface area contributed by atoms with Crippen LogP contribution in [0.1, 0.15) is 54.4 Å². The largest absolute Gasteiger partial charge is 0.482 e. The monoisotopic (exact) mass is 310 g/mol. The van der Waals surface area contributed by atoms with Crippen molar-refractivity contribution in [3.05, 3.63) is 12.7 Å². The molecule has 22 heavy (non-hydrogen) atoms. The normalized spacial score (nSPS) is 22.5. The molecule has 0 aromatic carbocycles. The Morgan fingerprint density at radius 1 is 1.27 bits per heavy atom. The first-order valence-corrected chi connectivity index (χ1v) is 8.02. The zero-order valence-corrected chi connectivity index (χ0v) is 14.8. The Labute approximate surface area is 135 Å². The summed E-state index contributed by atoms with van der Waals surface area (Å²) in [6.45, 7) is 15.8. The zero-order valence-electron chi connectivity index (χ0n) is 14.8. The second-order valence-electron chi connectivity index (χ2n) is 7.50. The smallest absolute Gasteiger partial charge is 0.402 e. The molecule has 1 aliphatic rings. The van der Waals surface area contributed by atoms with E-state index in [1.165, 1.54) is 0 Å². The Hall–Kier alpha value is -0.845. The van der Waals surface area contributed by atoms with Crippen molar-refractivity contribution >= 4 is 13.0 Å². The van der Waals surface area contributed by atoms with E-state index in [9.17, 15) is 4.79 Å². The number of rotatable bonds is 7. The van der Waals surface area contributed by atoms with E-state index in [1.807, 2.05) is 41.5 Å². The van der Waals surface area contributed by atoms with Gasteiger partial charge in [0.1, 0.15) is 0 Å². The molecule has 1 aliphatic heterocycles. The lowest BCUT2D eigenvalue weighted by Crippen LogP contribution is -2.52. The van der Waals surface area contributed by atoms with Crippen LogP contribution in [-0.2, 0) is 14.1 Å². The fourth-order valence-electron chi connectivity index (χ4n) is 2.38. The minimum atomic E-state index is -0.519. The van der Waals surface area contributed by atoms with E-state index in [0.717, 1.165) is 0 Å². The van der Waals surface area contributed by atoms with Gasteiger partial charge in [-0.2, -0.15) is 0 Å². The maximum Gasteiger partial charge on any atom is 0.482 e. The molecule has 1 heterocycles. The molecule has 5 nitrogen and oxygen atoms in total. The van der Waals surface area contributed by atoms with Crippen LogP contribution >= 0.6 is 0 Å². The van der Waals surface area contributed by atoms with Crippen molar-refractivity contribution in [3.63, 3.8) is 0 Å². The standard InChI is InChI=1S/C16H31BN2O3/c1-8-9-13(19-14(20)12(18)10-11(2)3)17-21-15(4,5)16(6,7)22-17/h8,11-13H,1,9-10,18H2,2-7H3,(H,19,20)/t12-,13?/m0/s1. The van der Waals surface area contributed by atoms with E-state index in [0.29, 0.717) is 18.8 Å². The van der Waals surface area contributed by atoms with Gasteiger partial charge in [0.2, 0.25) is 5.91 Å². The fourth-order valence-corrected chi connectivity index (χ4v) is 2.38. The first-order valence-electron chi connectivity index (χ1n) is 8.02. The maximum atomic E-state index is 12.3. The summed E-state index contributed by atoms with van der Waals surface area (Å²) in [5.41, 5.74) is 5.09. The van der Waals surface area contributed by atoms with Crippen molar-refractivity contribution in [1.29, 1.82) is 0 Å². The lowest BCUT2D eigenvalue weighted by Gasteiger charge is -2.32. The highest BCUT2D eigenvalue weighted by molar-refractivity contribution is 6.48. The molecular weight excluding hydrogens is 279 g/mol. The quantitative estimate of drug-likeness (QED) is 0.557. The van der Waals surface area contributed by atoms with Crippen LogP contribution in [0.15, 0.2) is 12.7 Å². The van der Waals surface area contributed by atoms with Crippen LogP contribution in [0.4, 0.5) is 0 Å². The molecule has 0 aliphatic carbocycles. The molecule has 0 bridgehead atoms. The Balaban J connectivity index is 2.75. The van der Waals surface area contributed by atoms with Gasteiger partial charge in [-0.05, 0) is 46.5 Å². The molecule has 1 saturated heterocycles. The van der Waals surface area contributed by atoms with Gasteiger partial charge >= 0.3 is 7.12 Å². The van der Waals surface area contributed by atoms with Gasteiger partial charge in [-0.25, -0.2) is 0 Å². The molecule has 0 radical (unpaired) electrons. The van der Waals surface area contributed by atoms with Gasteiger partial charge in [0.05, 0.1) is 23.2 Å². The average Bonchev–Trinajstić information content (AvgIpc) is 2.56. The van der Waals surface area contributed by atoms with Crippen molar-refractivity contribution in [1.82, 2.24) is 5.32 Å². The first-order chi connectivity index (χ1) is 10.00. The van der Waals surface area contributed by atoms with Crippen LogP contribution in [0, 0.1) is 5.92 Å². The summed E-state index contributed by atoms with van der Waals surface area (Å²) in [6, 6.07) is -0.519. The molecule has 0 aromatic heterocycles. The summed E-state index contributed by atoms with van der Waals surface area (Å²) < 4.78 is 12.0. The Kier molecular flexibility index (Phi) is 6.24. The molecule has 126 valence electrons. The van der Waals surface area contributed by atoms with Crippen molar-refractivity contribution in [3.8, 4) is 0 Å². The number of nitrogens with one attached hydrogen (secondary N) is 1. The highest BCUT2D eigenvalue weighted by Crippen LogP contribution is 2.37. The lowest BCUT2D eigenvalue weighted by atomic mass is 9.76. The average molecular weight is 310 g/mol. The van der Waals surface area contributed by atoms with E-state index in [2.05, 4.69) is 11.9 Å². The molecule has 1 amide bonds. The van der Waals surface area contributed by atoms with Gasteiger partial charge < -0.3 is 20.4 Å². The van der Waals surface area contributed by atoms with Gasteiger partial charge in [0.15, 0.2) is 0 Å². The molecule has 1 fully saturated rings. The van der Waals surface area contributed by atoms with Crippen LogP contribution in [0.2, 0.25) is 0 Å². The Morgan fingerprint density at radius 2 is 1.77 bits per heavy atom. The van der Waals surface area contributed by atoms with E-state index >= 15 is 0 Å². The SMILES string of the molecule is C=CCC(NC(=O)[C@@H](N)CC(C)C)B1OC(C)(C)C(C)(C)O1. The van der Waals surface area contributed by atoms with E-state index in [4.69, 9.17) is 15.0 Å². The number of carbonyl (C=O) groups is 1. The summed E-state index contributed by atoms with van der Waals surface area (Å²) in [6.07, 6.45) is 2.97. The first kappa shape index (κ1) is 19.2. The Morgan fingerprint density at radius 3 is 2.18 bits per heavy atom. The van der Waals surface area contributed by atoms with Crippen LogP contribution in [0.5, 0.6) is 0 Å². The van der Waals surface area contributed by atoms with Crippen molar-refractivity contribution in [2.45, 2.75) is 77.6 Å². The second-order valence-corrected chi connectivity index (χ2v) is 7.50. The topological polar surface area (TPSA) is 73.6 Å². The number of nitrogens with two attached hydrogens (primary N) is 1. The van der Waals surface area contributed by atoms with E-state index in [1.54, 1.807) is 6.08 Å². The van der Waals surface area contributed by atoms with Gasteiger partial charge in [-0.3, -0.25) is 4.79 Å². The summed E-state index contributed by atoms with van der Waals surface area (Å²) >= 11 is 0. The number of hydrogen-bond acceptors (Lipinski definition) is 4. The predicted molar refractivity (Wildman–Crippen MR) is 90.3 cm³/mol. The minimum Gasteiger partial charge on any atom is -0.402 e. The van der Waals surface area contributed by atoms with Crippen LogP contribution in [-0.4, -0.2) is 36.2 Å². The molecule has 0 saturated carbocycles. The third-order valence-corrected chi connectivity index (χ3v) is 4.41. The van der Waals surface area contributed by atoms with Gasteiger partial charge in [-0.15, -0.1) is 6.58 Å². The fraction of sp³-hybridized carbons (Fsp3) is 0.812. The Bertz CT molecular complexity index is 394. The molecule has 1 rings (SSSR count).